The maximum Gasteiger partial charge on any atom is 0.238 e. The number of pyridine rings is 1. The summed E-state index contributed by atoms with van der Waals surface area (Å²) < 4.78 is 6.24. The Kier molecular flexibility index (Phi) is 5.73. The number of hydrogen-bond acceptors (Lipinski definition) is 8. The van der Waals surface area contributed by atoms with E-state index in [9.17, 15) is 5.11 Å². The molecule has 1 unspecified atom stereocenters. The third kappa shape index (κ3) is 4.38. The summed E-state index contributed by atoms with van der Waals surface area (Å²) in [5.41, 5.74) is 9.18. The summed E-state index contributed by atoms with van der Waals surface area (Å²) >= 11 is 0. The number of hydrogen-bond donors (Lipinski definition) is 3. The minimum Gasteiger partial charge on any atom is -0.472 e. The Morgan fingerprint density at radius 2 is 2.21 bits per heavy atom. The van der Waals surface area contributed by atoms with Gasteiger partial charge in [0, 0.05) is 30.4 Å². The number of likely N-dealkylation sites (tertiary alicyclic amines) is 1. The Hall–Kier alpha value is -2.97. The molecule has 1 atom stereocenters. The van der Waals surface area contributed by atoms with Gasteiger partial charge in [-0.15, -0.1) is 0 Å². The molecule has 3 aromatic rings. The average molecular weight is 394 g/mol. The first-order valence-corrected chi connectivity index (χ1v) is 9.87. The zero-order chi connectivity index (χ0) is 20.2. The molecular formula is C21H26N6O2. The fourth-order valence-corrected chi connectivity index (χ4v) is 3.83. The number of benzene rings is 1. The van der Waals surface area contributed by atoms with E-state index in [1.165, 1.54) is 6.33 Å². The Balaban J connectivity index is 1.59. The van der Waals surface area contributed by atoms with Crippen LogP contribution in [-0.4, -0.2) is 57.3 Å². The van der Waals surface area contributed by atoms with E-state index in [4.69, 9.17) is 10.5 Å². The number of piperidine rings is 1. The van der Waals surface area contributed by atoms with Crippen molar-refractivity contribution in [3.63, 3.8) is 0 Å². The van der Waals surface area contributed by atoms with Crippen LogP contribution >= 0.6 is 0 Å². The molecular weight excluding hydrogens is 368 g/mol. The molecule has 2 aromatic heterocycles. The molecule has 0 aliphatic carbocycles. The van der Waals surface area contributed by atoms with E-state index >= 15 is 0 Å². The van der Waals surface area contributed by atoms with Gasteiger partial charge in [0.15, 0.2) is 0 Å². The highest BCUT2D eigenvalue weighted by molar-refractivity contribution is 5.95. The summed E-state index contributed by atoms with van der Waals surface area (Å²) in [5, 5.41) is 13.5. The molecule has 1 aliphatic heterocycles. The van der Waals surface area contributed by atoms with Gasteiger partial charge in [-0.25, -0.2) is 15.0 Å². The van der Waals surface area contributed by atoms with Crippen LogP contribution in [0.15, 0.2) is 36.8 Å². The van der Waals surface area contributed by atoms with Crippen molar-refractivity contribution in [1.29, 1.82) is 0 Å². The third-order valence-corrected chi connectivity index (χ3v) is 5.14. The molecule has 8 nitrogen and oxygen atoms in total. The topological polar surface area (TPSA) is 109 Å². The van der Waals surface area contributed by atoms with Crippen LogP contribution in [0.5, 0.6) is 5.88 Å². The second-order valence-electron chi connectivity index (χ2n) is 7.34. The summed E-state index contributed by atoms with van der Waals surface area (Å²) in [6.07, 6.45) is 5.28. The number of anilines is 3. The number of nitrogens with zero attached hydrogens (tertiary/aromatic N) is 4. The molecule has 1 fully saturated rings. The second kappa shape index (κ2) is 8.59. The molecule has 1 aliphatic rings. The van der Waals surface area contributed by atoms with E-state index in [1.807, 2.05) is 31.2 Å². The fraction of sp³-hybridized carbons (Fsp3) is 0.381. The Morgan fingerprint density at radius 1 is 1.31 bits per heavy atom. The van der Waals surface area contributed by atoms with Crippen LogP contribution in [0.25, 0.3) is 10.9 Å². The van der Waals surface area contributed by atoms with Crippen LogP contribution in [0.2, 0.25) is 0 Å². The number of fused-ring (bicyclic) bond motifs is 1. The highest BCUT2D eigenvalue weighted by Gasteiger charge is 2.22. The number of aliphatic hydroxyl groups is 1. The van der Waals surface area contributed by atoms with Gasteiger partial charge in [0.2, 0.25) is 5.88 Å². The van der Waals surface area contributed by atoms with Crippen molar-refractivity contribution in [3.05, 3.63) is 42.4 Å². The molecule has 4 N–H and O–H groups in total. The van der Waals surface area contributed by atoms with Crippen molar-refractivity contribution < 1.29 is 9.84 Å². The molecule has 29 heavy (non-hydrogen) atoms. The Bertz CT molecular complexity index is 994. The first-order chi connectivity index (χ1) is 14.1. The third-order valence-electron chi connectivity index (χ3n) is 5.14. The van der Waals surface area contributed by atoms with Crippen LogP contribution in [0.1, 0.15) is 18.4 Å². The lowest BCUT2D eigenvalue weighted by Gasteiger charge is -2.32. The monoisotopic (exact) mass is 394 g/mol. The van der Waals surface area contributed by atoms with Gasteiger partial charge in [0.25, 0.3) is 0 Å². The van der Waals surface area contributed by atoms with Gasteiger partial charge < -0.3 is 20.9 Å². The maximum absolute atomic E-state index is 9.20. The van der Waals surface area contributed by atoms with E-state index in [0.29, 0.717) is 23.9 Å². The average Bonchev–Trinajstić information content (AvgIpc) is 2.70. The highest BCUT2D eigenvalue weighted by Crippen LogP contribution is 2.31. The lowest BCUT2D eigenvalue weighted by Crippen LogP contribution is -2.42. The molecule has 1 saturated heterocycles. The van der Waals surface area contributed by atoms with Crippen molar-refractivity contribution in [3.8, 4) is 5.88 Å². The lowest BCUT2D eigenvalue weighted by atomic mass is 10.1. The van der Waals surface area contributed by atoms with E-state index < -0.39 is 0 Å². The van der Waals surface area contributed by atoms with Crippen molar-refractivity contribution in [2.75, 3.05) is 37.3 Å². The number of ether oxygens (including phenoxy) is 1. The summed E-state index contributed by atoms with van der Waals surface area (Å²) in [7, 11) is 0. The first kappa shape index (κ1) is 19.4. The van der Waals surface area contributed by atoms with Gasteiger partial charge in [-0.1, -0.05) is 0 Å². The zero-order valence-corrected chi connectivity index (χ0v) is 16.5. The molecule has 0 radical (unpaired) electrons. The summed E-state index contributed by atoms with van der Waals surface area (Å²) in [5.74, 6) is 1.24. The second-order valence-corrected chi connectivity index (χ2v) is 7.34. The van der Waals surface area contributed by atoms with Crippen molar-refractivity contribution in [2.24, 2.45) is 0 Å². The molecule has 0 amide bonds. The number of aliphatic hydroxyl groups excluding tert-OH is 1. The highest BCUT2D eigenvalue weighted by atomic mass is 16.5. The number of nitrogens with two attached hydrogens (primary N) is 1. The molecule has 0 saturated carbocycles. The van der Waals surface area contributed by atoms with E-state index in [-0.39, 0.29) is 12.7 Å². The molecule has 4 rings (SSSR count). The molecule has 3 heterocycles. The van der Waals surface area contributed by atoms with Crippen LogP contribution in [0.3, 0.4) is 0 Å². The minimum atomic E-state index is 0.0365. The maximum atomic E-state index is 9.20. The number of nitrogen functional groups attached to an aromatic ring is 1. The Morgan fingerprint density at radius 3 is 3.07 bits per heavy atom. The summed E-state index contributed by atoms with van der Waals surface area (Å²) in [6, 6.07) is 7.54. The molecule has 0 bridgehead atoms. The fourth-order valence-electron chi connectivity index (χ4n) is 3.83. The van der Waals surface area contributed by atoms with Crippen LogP contribution in [-0.2, 0) is 0 Å². The van der Waals surface area contributed by atoms with E-state index in [1.54, 1.807) is 6.20 Å². The SMILES string of the molecule is Cc1cc(N)cc2ncnc(Nc3cccnc3OC3CCCN(CCO)C3)c12. The summed E-state index contributed by atoms with van der Waals surface area (Å²) in [4.78, 5) is 15.4. The predicted octanol–water partition coefficient (Wildman–Crippen LogP) is 2.49. The zero-order valence-electron chi connectivity index (χ0n) is 16.5. The van der Waals surface area contributed by atoms with E-state index in [2.05, 4.69) is 25.2 Å². The Labute approximate surface area is 169 Å². The minimum absolute atomic E-state index is 0.0365. The van der Waals surface area contributed by atoms with Gasteiger partial charge >= 0.3 is 0 Å². The van der Waals surface area contributed by atoms with Gasteiger partial charge in [-0.05, 0) is 56.1 Å². The van der Waals surface area contributed by atoms with Crippen LogP contribution in [0, 0.1) is 6.92 Å². The number of rotatable bonds is 6. The number of nitrogens with one attached hydrogen (secondary N) is 1. The molecule has 1 aromatic carbocycles. The van der Waals surface area contributed by atoms with Crippen molar-refractivity contribution in [1.82, 2.24) is 19.9 Å². The largest absolute Gasteiger partial charge is 0.472 e. The molecule has 152 valence electrons. The van der Waals surface area contributed by atoms with Crippen molar-refractivity contribution in [2.45, 2.75) is 25.9 Å². The number of aryl methyl sites for hydroxylation is 1. The van der Waals surface area contributed by atoms with Crippen LogP contribution in [0.4, 0.5) is 17.2 Å². The predicted molar refractivity (Wildman–Crippen MR) is 113 cm³/mol. The standard InChI is InChI=1S/C21H26N6O2/c1-14-10-15(22)11-18-19(14)20(25-13-24-18)26-17-5-2-6-23-21(17)29-16-4-3-7-27(12-16)8-9-28/h2,5-6,10-11,13,16,28H,3-4,7-9,12,22H2,1H3,(H,24,25,26). The van der Waals surface area contributed by atoms with Crippen LogP contribution < -0.4 is 15.8 Å². The first-order valence-electron chi connectivity index (χ1n) is 9.87. The molecule has 0 spiro atoms. The van der Waals surface area contributed by atoms with E-state index in [0.717, 1.165) is 48.1 Å². The van der Waals surface area contributed by atoms with Gasteiger partial charge in [-0.2, -0.15) is 0 Å². The number of aromatic nitrogens is 3. The summed E-state index contributed by atoms with van der Waals surface area (Å²) in [6.45, 7) is 4.59. The molecule has 8 heteroatoms. The van der Waals surface area contributed by atoms with Gasteiger partial charge in [0.1, 0.15) is 23.9 Å². The smallest absolute Gasteiger partial charge is 0.238 e. The lowest BCUT2D eigenvalue weighted by molar-refractivity contribution is 0.0743. The van der Waals surface area contributed by atoms with Crippen molar-refractivity contribution >= 4 is 28.1 Å². The normalized spacial score (nSPS) is 17.4. The quantitative estimate of drug-likeness (QED) is 0.547. The number of β-amino-alcohol motifs (C(OH)–C–C–N with tert-alkyl or cyclic N) is 1. The van der Waals surface area contributed by atoms with Gasteiger partial charge in [-0.3, -0.25) is 4.90 Å². The van der Waals surface area contributed by atoms with Gasteiger partial charge in [0.05, 0.1) is 12.1 Å².